The molecule has 1 aromatic heterocycles. The van der Waals surface area contributed by atoms with E-state index in [0.717, 1.165) is 5.56 Å². The second-order valence-electron chi connectivity index (χ2n) is 6.24. The second-order valence-corrected chi connectivity index (χ2v) is 7.43. The van der Waals surface area contributed by atoms with Gasteiger partial charge in [0.2, 0.25) is 11.2 Å². The highest BCUT2D eigenvalue weighted by Crippen LogP contribution is 2.27. The van der Waals surface area contributed by atoms with Crippen LogP contribution >= 0.6 is 27.5 Å². The first kappa shape index (κ1) is 19.1. The van der Waals surface area contributed by atoms with Crippen LogP contribution in [0.2, 0.25) is 5.28 Å². The van der Waals surface area contributed by atoms with Gasteiger partial charge in [0.15, 0.2) is 0 Å². The number of amides is 1. The minimum absolute atomic E-state index is 0.107. The molecule has 1 aromatic carbocycles. The van der Waals surface area contributed by atoms with Crippen LogP contribution in [-0.4, -0.2) is 41.7 Å². The first-order valence-electron chi connectivity index (χ1n) is 8.35. The Balaban J connectivity index is 1.77. The van der Waals surface area contributed by atoms with Crippen molar-refractivity contribution in [3.63, 3.8) is 0 Å². The highest BCUT2D eigenvalue weighted by atomic mass is 79.9. The van der Waals surface area contributed by atoms with Gasteiger partial charge in [-0.25, -0.2) is 4.98 Å². The summed E-state index contributed by atoms with van der Waals surface area (Å²) in [4.78, 5) is 23.0. The molecule has 138 valence electrons. The molecule has 1 amide bonds. The number of carbonyl (C=O) groups is 1. The van der Waals surface area contributed by atoms with E-state index in [-0.39, 0.29) is 17.2 Å². The van der Waals surface area contributed by atoms with Crippen LogP contribution in [0.5, 0.6) is 0 Å². The molecule has 1 saturated heterocycles. The van der Waals surface area contributed by atoms with Crippen LogP contribution in [-0.2, 0) is 9.53 Å². The molecule has 6 nitrogen and oxygen atoms in total. The molecule has 1 aliphatic rings. The number of morpholine rings is 1. The molecule has 1 unspecified atom stereocenters. The molecule has 26 heavy (non-hydrogen) atoms. The summed E-state index contributed by atoms with van der Waals surface area (Å²) in [5.74, 6) is 0.482. The summed E-state index contributed by atoms with van der Waals surface area (Å²) in [6.07, 6.45) is 1.59. The second kappa shape index (κ2) is 8.33. The Bertz CT molecular complexity index is 787. The lowest BCUT2D eigenvalue weighted by Gasteiger charge is -2.36. The van der Waals surface area contributed by atoms with E-state index in [1.54, 1.807) is 6.20 Å². The van der Waals surface area contributed by atoms with E-state index in [9.17, 15) is 4.79 Å². The summed E-state index contributed by atoms with van der Waals surface area (Å²) < 4.78 is 6.22. The molecular formula is C18H20BrClN4O2. The van der Waals surface area contributed by atoms with Crippen LogP contribution in [0, 0.1) is 6.92 Å². The SMILES string of the molecule is Cc1ccc([C@H](C)NC(=O)C2COCCN2c2nc(Cl)ncc2Br)cc1. The molecule has 0 bridgehead atoms. The minimum atomic E-state index is -0.487. The first-order chi connectivity index (χ1) is 12.5. The van der Waals surface area contributed by atoms with Crippen molar-refractivity contribution in [1.82, 2.24) is 15.3 Å². The summed E-state index contributed by atoms with van der Waals surface area (Å²) >= 11 is 9.38. The Morgan fingerprint density at radius 1 is 1.42 bits per heavy atom. The van der Waals surface area contributed by atoms with Crippen molar-refractivity contribution in [2.45, 2.75) is 25.9 Å². The Morgan fingerprint density at radius 2 is 2.15 bits per heavy atom. The maximum absolute atomic E-state index is 12.9. The molecule has 3 rings (SSSR count). The van der Waals surface area contributed by atoms with Gasteiger partial charge in [0.1, 0.15) is 11.9 Å². The lowest BCUT2D eigenvalue weighted by Crippen LogP contribution is -2.54. The number of anilines is 1. The molecule has 1 fully saturated rings. The fourth-order valence-corrected chi connectivity index (χ4v) is 3.41. The minimum Gasteiger partial charge on any atom is -0.377 e. The lowest BCUT2D eigenvalue weighted by molar-refractivity contribution is -0.125. The van der Waals surface area contributed by atoms with Crippen LogP contribution in [0.1, 0.15) is 24.1 Å². The standard InChI is InChI=1S/C18H20BrClN4O2/c1-11-3-5-13(6-4-11)12(2)22-17(25)15-10-26-8-7-24(15)16-14(19)9-21-18(20)23-16/h3-6,9,12,15H,7-8,10H2,1-2H3,(H,22,25)/t12-,15?/m0/s1. The summed E-state index contributed by atoms with van der Waals surface area (Å²) in [6.45, 7) is 5.36. The molecule has 1 N–H and O–H groups in total. The molecule has 0 spiro atoms. The van der Waals surface area contributed by atoms with Gasteiger partial charge in [0.25, 0.3) is 0 Å². The molecule has 0 aliphatic carbocycles. The Morgan fingerprint density at radius 3 is 2.88 bits per heavy atom. The van der Waals surface area contributed by atoms with E-state index in [0.29, 0.717) is 30.0 Å². The van der Waals surface area contributed by atoms with E-state index >= 15 is 0 Å². The Labute approximate surface area is 166 Å². The fraction of sp³-hybridized carbons (Fsp3) is 0.389. The average Bonchev–Trinajstić information content (AvgIpc) is 2.64. The fourth-order valence-electron chi connectivity index (χ4n) is 2.86. The third-order valence-electron chi connectivity index (χ3n) is 4.34. The van der Waals surface area contributed by atoms with Gasteiger partial charge in [-0.15, -0.1) is 0 Å². The van der Waals surface area contributed by atoms with Crippen LogP contribution in [0.15, 0.2) is 34.9 Å². The van der Waals surface area contributed by atoms with Gasteiger partial charge >= 0.3 is 0 Å². The number of hydrogen-bond donors (Lipinski definition) is 1. The van der Waals surface area contributed by atoms with Crippen molar-refractivity contribution in [2.75, 3.05) is 24.7 Å². The largest absolute Gasteiger partial charge is 0.377 e. The van der Waals surface area contributed by atoms with Crippen LogP contribution in [0.4, 0.5) is 5.82 Å². The van der Waals surface area contributed by atoms with Crippen molar-refractivity contribution < 1.29 is 9.53 Å². The number of ether oxygens (including phenoxy) is 1. The summed E-state index contributed by atoms with van der Waals surface area (Å²) in [5, 5.41) is 3.21. The molecule has 2 heterocycles. The normalized spacial score (nSPS) is 18.5. The van der Waals surface area contributed by atoms with Crippen molar-refractivity contribution in [2.24, 2.45) is 0 Å². The lowest BCUT2D eigenvalue weighted by atomic mass is 10.1. The monoisotopic (exact) mass is 438 g/mol. The predicted molar refractivity (Wildman–Crippen MR) is 104 cm³/mol. The number of rotatable bonds is 4. The van der Waals surface area contributed by atoms with Crippen LogP contribution in [0.3, 0.4) is 0 Å². The molecular weight excluding hydrogens is 420 g/mol. The molecule has 0 radical (unpaired) electrons. The number of nitrogens with zero attached hydrogens (tertiary/aromatic N) is 3. The number of aromatic nitrogens is 2. The molecule has 2 atom stereocenters. The van der Waals surface area contributed by atoms with E-state index in [4.69, 9.17) is 16.3 Å². The zero-order valence-electron chi connectivity index (χ0n) is 14.6. The van der Waals surface area contributed by atoms with Gasteiger partial charge in [0, 0.05) is 12.7 Å². The number of aryl methyl sites for hydroxylation is 1. The maximum atomic E-state index is 12.9. The number of carbonyl (C=O) groups excluding carboxylic acids is 1. The van der Waals surface area contributed by atoms with Crippen molar-refractivity contribution >= 4 is 39.3 Å². The number of nitrogens with one attached hydrogen (secondary N) is 1. The molecule has 1 aliphatic heterocycles. The van der Waals surface area contributed by atoms with Gasteiger partial charge in [0.05, 0.1) is 23.7 Å². The molecule has 2 aromatic rings. The number of benzene rings is 1. The quantitative estimate of drug-likeness (QED) is 0.741. The predicted octanol–water partition coefficient (Wildman–Crippen LogP) is 3.28. The average molecular weight is 440 g/mol. The zero-order valence-corrected chi connectivity index (χ0v) is 16.9. The van der Waals surface area contributed by atoms with Crippen LogP contribution < -0.4 is 10.2 Å². The van der Waals surface area contributed by atoms with Crippen molar-refractivity contribution in [3.8, 4) is 0 Å². The maximum Gasteiger partial charge on any atom is 0.245 e. The highest BCUT2D eigenvalue weighted by molar-refractivity contribution is 9.10. The third kappa shape index (κ3) is 4.34. The van der Waals surface area contributed by atoms with E-state index in [1.807, 2.05) is 43.0 Å². The van der Waals surface area contributed by atoms with Gasteiger partial charge in [-0.2, -0.15) is 4.98 Å². The smallest absolute Gasteiger partial charge is 0.245 e. The number of halogens is 2. The molecule has 8 heteroatoms. The Hall–Kier alpha value is -1.70. The molecule has 0 saturated carbocycles. The summed E-state index contributed by atoms with van der Waals surface area (Å²) in [5.41, 5.74) is 2.24. The van der Waals surface area contributed by atoms with E-state index in [1.165, 1.54) is 5.56 Å². The third-order valence-corrected chi connectivity index (χ3v) is 5.08. The van der Waals surface area contributed by atoms with Crippen molar-refractivity contribution in [1.29, 1.82) is 0 Å². The first-order valence-corrected chi connectivity index (χ1v) is 9.52. The highest BCUT2D eigenvalue weighted by Gasteiger charge is 2.32. The van der Waals surface area contributed by atoms with Crippen LogP contribution in [0.25, 0.3) is 0 Å². The van der Waals surface area contributed by atoms with Crippen molar-refractivity contribution in [3.05, 3.63) is 51.3 Å². The summed E-state index contributed by atoms with van der Waals surface area (Å²) in [6, 6.07) is 7.53. The zero-order chi connectivity index (χ0) is 18.7. The van der Waals surface area contributed by atoms with Gasteiger partial charge in [-0.1, -0.05) is 29.8 Å². The topological polar surface area (TPSA) is 67.3 Å². The summed E-state index contributed by atoms with van der Waals surface area (Å²) in [7, 11) is 0. The van der Waals surface area contributed by atoms with Gasteiger partial charge in [-0.3, -0.25) is 4.79 Å². The van der Waals surface area contributed by atoms with Gasteiger partial charge in [-0.05, 0) is 46.9 Å². The Kier molecular flexibility index (Phi) is 6.11. The number of hydrogen-bond acceptors (Lipinski definition) is 5. The van der Waals surface area contributed by atoms with Gasteiger partial charge < -0.3 is 15.0 Å². The van der Waals surface area contributed by atoms with E-state index < -0.39 is 6.04 Å². The van der Waals surface area contributed by atoms with E-state index in [2.05, 4.69) is 31.2 Å².